The Hall–Kier alpha value is -1.62. The average molecular weight is 263 g/mol. The number of hydrogen-bond donors (Lipinski definition) is 1. The number of aromatic nitrogens is 2. The van der Waals surface area contributed by atoms with E-state index in [0.717, 1.165) is 26.8 Å². The highest BCUT2D eigenvalue weighted by Gasteiger charge is 2.12. The van der Waals surface area contributed by atoms with Crippen LogP contribution >= 0.6 is 11.3 Å². The number of nitrogens with zero attached hydrogens (tertiary/aromatic N) is 2. The summed E-state index contributed by atoms with van der Waals surface area (Å²) in [5.74, 6) is -0.0291. The highest BCUT2D eigenvalue weighted by molar-refractivity contribution is 7.11. The molecule has 0 radical (unpaired) electrons. The average Bonchev–Trinajstić information content (AvgIpc) is 2.80. The van der Waals surface area contributed by atoms with Crippen LogP contribution < -0.4 is 5.32 Å². The van der Waals surface area contributed by atoms with Crippen molar-refractivity contribution in [2.45, 2.75) is 27.3 Å². The predicted octanol–water partition coefficient (Wildman–Crippen LogP) is 2.34. The van der Waals surface area contributed by atoms with E-state index in [-0.39, 0.29) is 5.91 Å². The van der Waals surface area contributed by atoms with Gasteiger partial charge in [-0.05, 0) is 26.8 Å². The second-order valence-corrected chi connectivity index (χ2v) is 5.64. The summed E-state index contributed by atoms with van der Waals surface area (Å²) in [6.07, 6.45) is 1.90. The fourth-order valence-electron chi connectivity index (χ4n) is 1.84. The Balaban J connectivity index is 2.05. The summed E-state index contributed by atoms with van der Waals surface area (Å²) < 4.78 is 1.94. The molecular formula is C13H17N3OS. The van der Waals surface area contributed by atoms with Gasteiger partial charge in [-0.25, -0.2) is 4.98 Å². The molecule has 0 bridgehead atoms. The number of nitrogens with one attached hydrogen (secondary N) is 1. The van der Waals surface area contributed by atoms with E-state index in [2.05, 4.69) is 10.3 Å². The van der Waals surface area contributed by atoms with Crippen molar-refractivity contribution in [3.05, 3.63) is 39.1 Å². The smallest absolute Gasteiger partial charge is 0.253 e. The minimum Gasteiger partial charge on any atom is -0.354 e. The molecule has 0 fully saturated rings. The van der Waals surface area contributed by atoms with Gasteiger partial charge < -0.3 is 9.88 Å². The monoisotopic (exact) mass is 263 g/mol. The van der Waals surface area contributed by atoms with E-state index in [1.54, 1.807) is 11.3 Å². The van der Waals surface area contributed by atoms with Crippen molar-refractivity contribution in [3.8, 4) is 0 Å². The van der Waals surface area contributed by atoms with Gasteiger partial charge in [0.25, 0.3) is 5.91 Å². The van der Waals surface area contributed by atoms with Crippen LogP contribution in [0.5, 0.6) is 0 Å². The molecule has 0 aromatic carbocycles. The van der Waals surface area contributed by atoms with Crippen LogP contribution in [0.25, 0.3) is 0 Å². The fraction of sp³-hybridized carbons (Fsp3) is 0.385. The van der Waals surface area contributed by atoms with Crippen LogP contribution in [0, 0.1) is 20.8 Å². The van der Waals surface area contributed by atoms with E-state index in [4.69, 9.17) is 0 Å². The van der Waals surface area contributed by atoms with Crippen molar-refractivity contribution < 1.29 is 4.79 Å². The van der Waals surface area contributed by atoms with Gasteiger partial charge in [-0.3, -0.25) is 4.79 Å². The number of aryl methyl sites for hydroxylation is 3. The second-order valence-electron chi connectivity index (χ2n) is 4.35. The largest absolute Gasteiger partial charge is 0.354 e. The minimum absolute atomic E-state index is 0.0291. The number of thiazole rings is 1. The van der Waals surface area contributed by atoms with E-state index in [1.807, 2.05) is 44.6 Å². The Kier molecular flexibility index (Phi) is 3.52. The third-order valence-electron chi connectivity index (χ3n) is 3.04. The van der Waals surface area contributed by atoms with Crippen LogP contribution in [-0.2, 0) is 13.6 Å². The molecule has 5 heteroatoms. The summed E-state index contributed by atoms with van der Waals surface area (Å²) in [5.41, 5.74) is 2.71. The van der Waals surface area contributed by atoms with Gasteiger partial charge in [0.15, 0.2) is 0 Å². The molecule has 2 aromatic heterocycles. The molecule has 0 aliphatic heterocycles. The predicted molar refractivity (Wildman–Crippen MR) is 72.9 cm³/mol. The Bertz CT molecular complexity index is 583. The van der Waals surface area contributed by atoms with Crippen molar-refractivity contribution in [2.24, 2.45) is 7.05 Å². The number of rotatable bonds is 3. The molecule has 1 N–H and O–H groups in total. The van der Waals surface area contributed by atoms with Crippen LogP contribution in [-0.4, -0.2) is 15.5 Å². The number of hydrogen-bond acceptors (Lipinski definition) is 3. The first kappa shape index (κ1) is 12.8. The maximum atomic E-state index is 12.0. The first-order valence-electron chi connectivity index (χ1n) is 5.82. The Morgan fingerprint density at radius 2 is 2.17 bits per heavy atom. The van der Waals surface area contributed by atoms with Gasteiger partial charge in [-0.1, -0.05) is 0 Å². The topological polar surface area (TPSA) is 46.9 Å². The molecule has 0 aliphatic carbocycles. The maximum absolute atomic E-state index is 12.0. The minimum atomic E-state index is -0.0291. The zero-order valence-electron chi connectivity index (χ0n) is 11.1. The molecule has 2 heterocycles. The molecule has 0 aliphatic rings. The van der Waals surface area contributed by atoms with Gasteiger partial charge in [0.05, 0.1) is 22.8 Å². The Morgan fingerprint density at radius 1 is 1.44 bits per heavy atom. The van der Waals surface area contributed by atoms with Gasteiger partial charge in [0.2, 0.25) is 0 Å². The lowest BCUT2D eigenvalue weighted by molar-refractivity contribution is 0.0950. The lowest BCUT2D eigenvalue weighted by atomic mass is 10.2. The van der Waals surface area contributed by atoms with Crippen LogP contribution in [0.3, 0.4) is 0 Å². The first-order chi connectivity index (χ1) is 8.49. The molecule has 1 amide bonds. The van der Waals surface area contributed by atoms with E-state index in [1.165, 1.54) is 0 Å². The quantitative estimate of drug-likeness (QED) is 0.924. The molecule has 0 unspecified atom stereocenters. The molecule has 96 valence electrons. The number of amides is 1. The lowest BCUT2D eigenvalue weighted by Crippen LogP contribution is -2.23. The van der Waals surface area contributed by atoms with Gasteiger partial charge in [-0.15, -0.1) is 11.3 Å². The summed E-state index contributed by atoms with van der Waals surface area (Å²) in [4.78, 5) is 17.5. The number of carbonyl (C=O) groups is 1. The molecule has 0 saturated carbocycles. The molecule has 4 nitrogen and oxygen atoms in total. The molecule has 2 rings (SSSR count). The number of carbonyl (C=O) groups excluding carboxylic acids is 1. The van der Waals surface area contributed by atoms with Crippen LogP contribution in [0.2, 0.25) is 0 Å². The van der Waals surface area contributed by atoms with Gasteiger partial charge in [0, 0.05) is 23.8 Å². The summed E-state index contributed by atoms with van der Waals surface area (Å²) >= 11 is 1.63. The van der Waals surface area contributed by atoms with Crippen LogP contribution in [0.1, 0.15) is 31.6 Å². The summed E-state index contributed by atoms with van der Waals surface area (Å²) in [6.45, 7) is 6.44. The highest BCUT2D eigenvalue weighted by Crippen LogP contribution is 2.17. The second kappa shape index (κ2) is 4.94. The zero-order chi connectivity index (χ0) is 13.3. The molecule has 0 atom stereocenters. The van der Waals surface area contributed by atoms with Crippen molar-refractivity contribution in [1.29, 1.82) is 0 Å². The summed E-state index contributed by atoms with van der Waals surface area (Å²) in [6, 6.07) is 1.84. The fourth-order valence-corrected chi connectivity index (χ4v) is 2.72. The SMILES string of the molecule is Cc1nc(C)c(CNC(=O)c2ccn(C)c2C)s1. The van der Waals surface area contributed by atoms with Gasteiger partial charge >= 0.3 is 0 Å². The highest BCUT2D eigenvalue weighted by atomic mass is 32.1. The van der Waals surface area contributed by atoms with Crippen molar-refractivity contribution in [3.63, 3.8) is 0 Å². The summed E-state index contributed by atoms with van der Waals surface area (Å²) in [5, 5.41) is 3.98. The standard InChI is InChI=1S/C13H17N3OS/c1-8-12(18-10(3)15-8)7-14-13(17)11-5-6-16(4)9(11)2/h5-6H,7H2,1-4H3,(H,14,17). The molecule has 18 heavy (non-hydrogen) atoms. The lowest BCUT2D eigenvalue weighted by Gasteiger charge is -2.04. The molecule has 0 spiro atoms. The van der Waals surface area contributed by atoms with Gasteiger partial charge in [0.1, 0.15) is 0 Å². The Labute approximate surface area is 111 Å². The molecule has 2 aromatic rings. The zero-order valence-corrected chi connectivity index (χ0v) is 11.9. The van der Waals surface area contributed by atoms with E-state index >= 15 is 0 Å². The van der Waals surface area contributed by atoms with Crippen molar-refractivity contribution in [1.82, 2.24) is 14.9 Å². The third-order valence-corrected chi connectivity index (χ3v) is 4.11. The van der Waals surface area contributed by atoms with E-state index < -0.39 is 0 Å². The molecular weight excluding hydrogens is 246 g/mol. The van der Waals surface area contributed by atoms with Crippen LogP contribution in [0.4, 0.5) is 0 Å². The van der Waals surface area contributed by atoms with E-state index in [9.17, 15) is 4.79 Å². The van der Waals surface area contributed by atoms with Crippen molar-refractivity contribution >= 4 is 17.2 Å². The van der Waals surface area contributed by atoms with E-state index in [0.29, 0.717) is 6.54 Å². The van der Waals surface area contributed by atoms with Crippen molar-refractivity contribution in [2.75, 3.05) is 0 Å². The normalized spacial score (nSPS) is 10.7. The summed E-state index contributed by atoms with van der Waals surface area (Å²) in [7, 11) is 1.93. The van der Waals surface area contributed by atoms with Crippen LogP contribution in [0.15, 0.2) is 12.3 Å². The first-order valence-corrected chi connectivity index (χ1v) is 6.63. The Morgan fingerprint density at radius 3 is 2.67 bits per heavy atom. The van der Waals surface area contributed by atoms with Gasteiger partial charge in [-0.2, -0.15) is 0 Å². The maximum Gasteiger partial charge on any atom is 0.253 e. The molecule has 0 saturated heterocycles. The third kappa shape index (κ3) is 2.46.